The normalized spacial score (nSPS) is 11.0. The molecular weight excluding hydrogens is 275 g/mol. The lowest BCUT2D eigenvalue weighted by Gasteiger charge is -2.04. The van der Waals surface area contributed by atoms with Crippen molar-refractivity contribution in [3.8, 4) is 0 Å². The molecule has 4 nitrogen and oxygen atoms in total. The van der Waals surface area contributed by atoms with Crippen molar-refractivity contribution in [2.45, 2.75) is 9.92 Å². The zero-order valence-corrected chi connectivity index (χ0v) is 10.5. The van der Waals surface area contributed by atoms with Crippen LogP contribution >= 0.6 is 23.4 Å². The van der Waals surface area contributed by atoms with Gasteiger partial charge in [0.15, 0.2) is 0 Å². The Kier molecular flexibility index (Phi) is 2.89. The van der Waals surface area contributed by atoms with Gasteiger partial charge in [0.25, 0.3) is 5.78 Å². The van der Waals surface area contributed by atoms with Crippen molar-refractivity contribution in [3.63, 3.8) is 0 Å². The summed E-state index contributed by atoms with van der Waals surface area (Å²) < 4.78 is 14.7. The monoisotopic (exact) mass is 280 g/mol. The summed E-state index contributed by atoms with van der Waals surface area (Å²) in [6, 6.07) is 7.97. The molecule has 0 saturated heterocycles. The molecule has 0 radical (unpaired) electrons. The van der Waals surface area contributed by atoms with Crippen LogP contribution in [-0.2, 0) is 0 Å². The van der Waals surface area contributed by atoms with E-state index in [1.807, 2.05) is 6.07 Å². The zero-order chi connectivity index (χ0) is 12.5. The average Bonchev–Trinajstić information content (AvgIpc) is 2.77. The first-order valence-electron chi connectivity index (χ1n) is 5.02. The van der Waals surface area contributed by atoms with Gasteiger partial charge in [-0.3, -0.25) is 0 Å². The summed E-state index contributed by atoms with van der Waals surface area (Å²) in [7, 11) is 0. The van der Waals surface area contributed by atoms with Gasteiger partial charge in [0, 0.05) is 11.0 Å². The second-order valence-corrected chi connectivity index (χ2v) is 4.93. The average molecular weight is 281 g/mol. The van der Waals surface area contributed by atoms with Crippen LogP contribution in [0.2, 0.25) is 5.15 Å². The van der Waals surface area contributed by atoms with E-state index in [1.165, 1.54) is 30.2 Å². The Labute approximate surface area is 111 Å². The molecule has 0 aliphatic heterocycles. The van der Waals surface area contributed by atoms with Crippen LogP contribution < -0.4 is 0 Å². The number of aromatic nitrogens is 4. The number of hydrogen-bond acceptors (Lipinski definition) is 4. The van der Waals surface area contributed by atoms with Crippen molar-refractivity contribution in [1.82, 2.24) is 19.6 Å². The van der Waals surface area contributed by atoms with Crippen molar-refractivity contribution in [2.24, 2.45) is 0 Å². The van der Waals surface area contributed by atoms with Gasteiger partial charge < -0.3 is 0 Å². The second kappa shape index (κ2) is 4.55. The molecule has 18 heavy (non-hydrogen) atoms. The standard InChI is InChI=1S/C11H6ClFN4S/c12-9-5-10(17-11(16-9)14-6-15-17)18-8-3-1-2-7(13)4-8/h1-6H. The molecule has 0 amide bonds. The third-order valence-corrected chi connectivity index (χ3v) is 3.39. The van der Waals surface area contributed by atoms with Gasteiger partial charge in [0.1, 0.15) is 22.3 Å². The van der Waals surface area contributed by atoms with E-state index >= 15 is 0 Å². The van der Waals surface area contributed by atoms with Gasteiger partial charge in [-0.05, 0) is 18.2 Å². The van der Waals surface area contributed by atoms with Crippen LogP contribution in [0.4, 0.5) is 4.39 Å². The van der Waals surface area contributed by atoms with Crippen molar-refractivity contribution in [3.05, 3.63) is 47.6 Å². The van der Waals surface area contributed by atoms with E-state index in [2.05, 4.69) is 15.1 Å². The van der Waals surface area contributed by atoms with E-state index in [0.717, 1.165) is 9.92 Å². The van der Waals surface area contributed by atoms with Crippen LogP contribution in [0.3, 0.4) is 0 Å². The molecule has 3 rings (SSSR count). The van der Waals surface area contributed by atoms with Gasteiger partial charge in [0.05, 0.1) is 0 Å². The molecule has 0 bridgehead atoms. The maximum absolute atomic E-state index is 13.1. The van der Waals surface area contributed by atoms with Gasteiger partial charge in [-0.25, -0.2) is 4.39 Å². The van der Waals surface area contributed by atoms with Crippen LogP contribution in [0.15, 0.2) is 46.6 Å². The maximum atomic E-state index is 13.1. The molecule has 1 aromatic carbocycles. The van der Waals surface area contributed by atoms with Crippen molar-refractivity contribution >= 4 is 29.1 Å². The zero-order valence-electron chi connectivity index (χ0n) is 8.92. The molecule has 90 valence electrons. The molecule has 0 atom stereocenters. The first-order valence-corrected chi connectivity index (χ1v) is 6.21. The number of fused-ring (bicyclic) bond motifs is 1. The third kappa shape index (κ3) is 2.16. The number of benzene rings is 1. The molecule has 2 heterocycles. The van der Waals surface area contributed by atoms with Gasteiger partial charge >= 0.3 is 0 Å². The number of halogens is 2. The molecule has 0 N–H and O–H groups in total. The lowest BCUT2D eigenvalue weighted by atomic mass is 10.4. The minimum absolute atomic E-state index is 0.282. The molecule has 2 aromatic heterocycles. The van der Waals surface area contributed by atoms with Crippen LogP contribution in [0.25, 0.3) is 5.78 Å². The quantitative estimate of drug-likeness (QED) is 0.677. The number of nitrogens with zero attached hydrogens (tertiary/aromatic N) is 4. The molecule has 3 aromatic rings. The summed E-state index contributed by atoms with van der Waals surface area (Å²) in [6.45, 7) is 0. The van der Waals surface area contributed by atoms with E-state index in [4.69, 9.17) is 11.6 Å². The highest BCUT2D eigenvalue weighted by Gasteiger charge is 2.08. The highest BCUT2D eigenvalue weighted by Crippen LogP contribution is 2.29. The first kappa shape index (κ1) is 11.4. The van der Waals surface area contributed by atoms with Crippen LogP contribution in [0.5, 0.6) is 0 Å². The van der Waals surface area contributed by atoms with Gasteiger partial charge in [-0.1, -0.05) is 29.4 Å². The lowest BCUT2D eigenvalue weighted by Crippen LogP contribution is -1.95. The van der Waals surface area contributed by atoms with Crippen molar-refractivity contribution < 1.29 is 4.39 Å². The Morgan fingerprint density at radius 1 is 1.28 bits per heavy atom. The summed E-state index contributed by atoms with van der Waals surface area (Å²) in [4.78, 5) is 8.75. The van der Waals surface area contributed by atoms with Gasteiger partial charge in [0.2, 0.25) is 0 Å². The summed E-state index contributed by atoms with van der Waals surface area (Å²) >= 11 is 7.24. The molecule has 0 aliphatic rings. The topological polar surface area (TPSA) is 43.1 Å². The summed E-state index contributed by atoms with van der Waals surface area (Å²) in [5, 5.41) is 5.11. The fourth-order valence-electron chi connectivity index (χ4n) is 1.48. The van der Waals surface area contributed by atoms with E-state index in [1.54, 1.807) is 16.6 Å². The second-order valence-electron chi connectivity index (χ2n) is 3.45. The summed E-state index contributed by atoms with van der Waals surface area (Å²) in [6.07, 6.45) is 1.40. The van der Waals surface area contributed by atoms with Crippen LogP contribution in [0.1, 0.15) is 0 Å². The predicted octanol–water partition coefficient (Wildman–Crippen LogP) is 3.07. The minimum atomic E-state index is -0.282. The van der Waals surface area contributed by atoms with E-state index < -0.39 is 0 Å². The van der Waals surface area contributed by atoms with E-state index in [9.17, 15) is 4.39 Å². The minimum Gasteiger partial charge on any atom is -0.207 e. The van der Waals surface area contributed by atoms with Crippen molar-refractivity contribution in [2.75, 3.05) is 0 Å². The third-order valence-electron chi connectivity index (χ3n) is 2.21. The molecule has 0 unspecified atom stereocenters. The highest BCUT2D eigenvalue weighted by atomic mass is 35.5. The van der Waals surface area contributed by atoms with Crippen molar-refractivity contribution in [1.29, 1.82) is 0 Å². The Bertz CT molecular complexity index is 715. The smallest absolute Gasteiger partial charge is 0.207 e. The highest BCUT2D eigenvalue weighted by molar-refractivity contribution is 7.99. The van der Waals surface area contributed by atoms with Crippen LogP contribution in [-0.4, -0.2) is 19.6 Å². The van der Waals surface area contributed by atoms with Gasteiger partial charge in [-0.15, -0.1) is 0 Å². The summed E-state index contributed by atoms with van der Waals surface area (Å²) in [5.74, 6) is 0.136. The Balaban J connectivity index is 2.06. The van der Waals surface area contributed by atoms with E-state index in [-0.39, 0.29) is 5.82 Å². The summed E-state index contributed by atoms with van der Waals surface area (Å²) in [5.41, 5.74) is 0. The van der Waals surface area contributed by atoms with Gasteiger partial charge in [-0.2, -0.15) is 19.6 Å². The maximum Gasteiger partial charge on any atom is 0.254 e. The molecule has 7 heteroatoms. The molecule has 0 spiro atoms. The SMILES string of the molecule is Fc1cccc(Sc2cc(Cl)nc3ncnn23)c1. The molecule has 0 fully saturated rings. The predicted molar refractivity (Wildman–Crippen MR) is 66.3 cm³/mol. The Morgan fingerprint density at radius 3 is 3.00 bits per heavy atom. The lowest BCUT2D eigenvalue weighted by molar-refractivity contribution is 0.624. The Hall–Kier alpha value is -1.66. The molecular formula is C11H6ClFN4S. The molecule has 0 saturated carbocycles. The fraction of sp³-hybridized carbons (Fsp3) is 0. The largest absolute Gasteiger partial charge is 0.254 e. The van der Waals surface area contributed by atoms with E-state index in [0.29, 0.717) is 10.9 Å². The first-order chi connectivity index (χ1) is 8.72. The molecule has 0 aliphatic carbocycles. The van der Waals surface area contributed by atoms with Crippen LogP contribution in [0, 0.1) is 5.82 Å². The number of hydrogen-bond donors (Lipinski definition) is 0. The Morgan fingerprint density at radius 2 is 2.17 bits per heavy atom. The number of rotatable bonds is 2. The fourth-order valence-corrected chi connectivity index (χ4v) is 2.67.